The van der Waals surface area contributed by atoms with Gasteiger partial charge in [0.1, 0.15) is 29.5 Å². The summed E-state index contributed by atoms with van der Waals surface area (Å²) in [5, 5.41) is 4.16. The third-order valence-electron chi connectivity index (χ3n) is 5.11. The van der Waals surface area contributed by atoms with E-state index in [0.717, 1.165) is 18.0 Å². The lowest BCUT2D eigenvalue weighted by Crippen LogP contribution is -2.33. The highest BCUT2D eigenvalue weighted by molar-refractivity contribution is 7.95. The molecule has 0 saturated carbocycles. The Morgan fingerprint density at radius 2 is 1.07 bits per heavy atom. The van der Waals surface area contributed by atoms with Crippen molar-refractivity contribution in [1.82, 2.24) is 0 Å². The van der Waals surface area contributed by atoms with Crippen LogP contribution in [0.1, 0.15) is 13.8 Å². The van der Waals surface area contributed by atoms with Crippen molar-refractivity contribution in [2.24, 2.45) is 0 Å². The average molecular weight is 412 g/mol. The van der Waals surface area contributed by atoms with Gasteiger partial charge < -0.3 is 0 Å². The summed E-state index contributed by atoms with van der Waals surface area (Å²) in [5.74, 6) is 0. The maximum atomic E-state index is 10.8. The molecule has 0 spiro atoms. The second-order valence-electron chi connectivity index (χ2n) is 7.40. The van der Waals surface area contributed by atoms with E-state index in [1.54, 1.807) is 0 Å². The number of carbonyl (C=O) groups is 1. The molecule has 0 aliphatic heterocycles. The Kier molecular flexibility index (Phi) is 7.71. The van der Waals surface area contributed by atoms with Crippen LogP contribution in [-0.4, -0.2) is 12.4 Å². The van der Waals surface area contributed by atoms with Gasteiger partial charge >= 0.3 is 0 Å². The molecule has 0 atom stereocenters. The summed E-state index contributed by atoms with van der Waals surface area (Å²) >= 11 is 0. The van der Waals surface area contributed by atoms with Crippen molar-refractivity contribution in [3.8, 4) is 0 Å². The fraction of sp³-hybridized carbons (Fsp3) is 0.107. The zero-order valence-corrected chi connectivity index (χ0v) is 18.5. The van der Waals surface area contributed by atoms with Crippen LogP contribution in [-0.2, 0) is 4.79 Å². The van der Waals surface area contributed by atoms with Crippen molar-refractivity contribution in [1.29, 1.82) is 0 Å². The Morgan fingerprint density at radius 3 is 1.47 bits per heavy atom. The monoisotopic (exact) mass is 411 g/mol. The summed E-state index contributed by atoms with van der Waals surface area (Å²) < 4.78 is 0. The highest BCUT2D eigenvalue weighted by atomic mass is 31.2. The Balaban J connectivity index is 2.13. The first-order valence-electron chi connectivity index (χ1n) is 10.2. The van der Waals surface area contributed by atoms with Gasteiger partial charge in [-0.15, -0.1) is 0 Å². The standard InChI is InChI=1S/C28H28OP/c1-24(22-29)14-12-13-15-25(2)23-30(26-16-6-3-7-17-26,27-18-8-4-9-19-27)28-20-10-5-11-21-28/h3-22H,23H2,1-2H3/q+1/b13-12+,24-14-,25-15+. The molecule has 0 N–H and O–H groups in total. The minimum absolute atomic E-state index is 0.719. The van der Waals surface area contributed by atoms with Crippen LogP contribution < -0.4 is 15.9 Å². The molecule has 3 aromatic carbocycles. The zero-order chi connectivity index (χ0) is 21.2. The largest absolute Gasteiger partial charge is 0.298 e. The van der Waals surface area contributed by atoms with Gasteiger partial charge in [0, 0.05) is 0 Å². The molecule has 0 unspecified atom stereocenters. The number of rotatable bonds is 8. The van der Waals surface area contributed by atoms with E-state index in [4.69, 9.17) is 0 Å². The van der Waals surface area contributed by atoms with Gasteiger partial charge in [0.2, 0.25) is 0 Å². The number of benzene rings is 3. The fourth-order valence-electron chi connectivity index (χ4n) is 3.66. The van der Waals surface area contributed by atoms with E-state index in [1.807, 2.05) is 25.2 Å². The van der Waals surface area contributed by atoms with Crippen LogP contribution >= 0.6 is 7.26 Å². The molecule has 0 aromatic heterocycles. The van der Waals surface area contributed by atoms with Crippen LogP contribution in [0.5, 0.6) is 0 Å². The Hall–Kier alpha value is -3.02. The van der Waals surface area contributed by atoms with E-state index in [2.05, 4.69) is 104 Å². The molecule has 3 rings (SSSR count). The lowest BCUT2D eigenvalue weighted by atomic mass is 10.2. The predicted octanol–water partition coefficient (Wildman–Crippen LogP) is 5.63. The SMILES string of the molecule is C/C(C=O)=C/C=C/C=C(\C)C[P+](c1ccccc1)(c1ccccc1)c1ccccc1. The lowest BCUT2D eigenvalue weighted by Gasteiger charge is -2.28. The maximum Gasteiger partial charge on any atom is 0.145 e. The highest BCUT2D eigenvalue weighted by Crippen LogP contribution is 2.56. The molecule has 0 bridgehead atoms. The number of hydrogen-bond donors (Lipinski definition) is 0. The Bertz CT molecular complexity index is 935. The number of carbonyl (C=O) groups excluding carboxylic acids is 1. The van der Waals surface area contributed by atoms with Crippen LogP contribution in [0.15, 0.2) is 126 Å². The van der Waals surface area contributed by atoms with Crippen LogP contribution in [0.2, 0.25) is 0 Å². The molecule has 0 aliphatic rings. The van der Waals surface area contributed by atoms with Crippen LogP contribution in [0.25, 0.3) is 0 Å². The van der Waals surface area contributed by atoms with Gasteiger partial charge in [-0.05, 0) is 61.4 Å². The molecular formula is C28H28OP+. The molecule has 0 fully saturated rings. The molecule has 3 aromatic rings. The number of aldehydes is 1. The lowest BCUT2D eigenvalue weighted by molar-refractivity contribution is -0.104. The molecule has 0 saturated heterocycles. The van der Waals surface area contributed by atoms with E-state index in [1.165, 1.54) is 21.5 Å². The maximum absolute atomic E-state index is 10.8. The molecule has 150 valence electrons. The van der Waals surface area contributed by atoms with Crippen molar-refractivity contribution in [2.75, 3.05) is 6.16 Å². The van der Waals surface area contributed by atoms with E-state index < -0.39 is 7.26 Å². The summed E-state index contributed by atoms with van der Waals surface area (Å²) in [7, 11) is -1.86. The summed E-state index contributed by atoms with van der Waals surface area (Å²) in [6.07, 6.45) is 9.80. The average Bonchev–Trinajstić information content (AvgIpc) is 2.82. The first kappa shape index (κ1) is 21.7. The van der Waals surface area contributed by atoms with Crippen molar-refractivity contribution in [3.05, 3.63) is 126 Å². The molecule has 1 nitrogen and oxygen atoms in total. The second kappa shape index (κ2) is 10.7. The minimum Gasteiger partial charge on any atom is -0.298 e. The van der Waals surface area contributed by atoms with Gasteiger partial charge in [-0.25, -0.2) is 0 Å². The summed E-state index contributed by atoms with van der Waals surface area (Å²) in [6, 6.07) is 32.7. The number of hydrogen-bond acceptors (Lipinski definition) is 1. The van der Waals surface area contributed by atoms with E-state index >= 15 is 0 Å². The predicted molar refractivity (Wildman–Crippen MR) is 133 cm³/mol. The van der Waals surface area contributed by atoms with Crippen molar-refractivity contribution in [3.63, 3.8) is 0 Å². The molecule has 30 heavy (non-hydrogen) atoms. The van der Waals surface area contributed by atoms with Gasteiger partial charge in [-0.3, -0.25) is 4.79 Å². The normalized spacial score (nSPS) is 12.9. The Morgan fingerprint density at radius 1 is 0.667 bits per heavy atom. The molecule has 0 amide bonds. The first-order chi connectivity index (χ1) is 14.7. The van der Waals surface area contributed by atoms with Crippen molar-refractivity contribution in [2.45, 2.75) is 13.8 Å². The van der Waals surface area contributed by atoms with Crippen LogP contribution in [0, 0.1) is 0 Å². The third kappa shape index (κ3) is 5.12. The van der Waals surface area contributed by atoms with E-state index in [-0.39, 0.29) is 0 Å². The minimum atomic E-state index is -1.86. The molecular weight excluding hydrogens is 383 g/mol. The van der Waals surface area contributed by atoms with Gasteiger partial charge in [-0.1, -0.05) is 78.9 Å². The first-order valence-corrected chi connectivity index (χ1v) is 12.1. The summed E-state index contributed by atoms with van der Waals surface area (Å²) in [4.78, 5) is 10.8. The smallest absolute Gasteiger partial charge is 0.145 e. The summed E-state index contributed by atoms with van der Waals surface area (Å²) in [5.41, 5.74) is 2.03. The van der Waals surface area contributed by atoms with Gasteiger partial charge in [0.25, 0.3) is 0 Å². The molecule has 0 aliphatic carbocycles. The quantitative estimate of drug-likeness (QED) is 0.203. The summed E-state index contributed by atoms with van der Waals surface area (Å²) in [6.45, 7) is 4.01. The van der Waals surface area contributed by atoms with Crippen molar-refractivity contribution < 1.29 is 4.79 Å². The van der Waals surface area contributed by atoms with Crippen LogP contribution in [0.4, 0.5) is 0 Å². The van der Waals surface area contributed by atoms with Gasteiger partial charge in [-0.2, -0.15) is 0 Å². The fourth-order valence-corrected chi connectivity index (χ4v) is 8.00. The van der Waals surface area contributed by atoms with Gasteiger partial charge in [0.15, 0.2) is 0 Å². The topological polar surface area (TPSA) is 17.1 Å². The number of allylic oxidation sites excluding steroid dienone is 6. The zero-order valence-electron chi connectivity index (χ0n) is 17.6. The van der Waals surface area contributed by atoms with E-state index in [0.29, 0.717) is 0 Å². The molecule has 0 heterocycles. The molecule has 2 heteroatoms. The van der Waals surface area contributed by atoms with Crippen molar-refractivity contribution >= 4 is 29.5 Å². The van der Waals surface area contributed by atoms with Gasteiger partial charge in [0.05, 0.1) is 6.16 Å². The van der Waals surface area contributed by atoms with Crippen LogP contribution in [0.3, 0.4) is 0 Å². The third-order valence-corrected chi connectivity index (χ3v) is 9.63. The second-order valence-corrected chi connectivity index (χ2v) is 10.9. The highest BCUT2D eigenvalue weighted by Gasteiger charge is 2.45. The molecule has 0 radical (unpaired) electrons. The Labute approximate surface area is 180 Å². The van der Waals surface area contributed by atoms with E-state index in [9.17, 15) is 4.79 Å².